The summed E-state index contributed by atoms with van der Waals surface area (Å²) < 4.78 is 1.86. The van der Waals surface area contributed by atoms with Gasteiger partial charge in [0.15, 0.2) is 0 Å². The number of pyridine rings is 2. The SMILES string of the molecule is CN(C)[C@H]1C[C@@H](Nc2ncc3c(-c4ccc5ncccc5n4)ccn3n2)C1. The van der Waals surface area contributed by atoms with Gasteiger partial charge in [0.2, 0.25) is 5.95 Å². The predicted molar refractivity (Wildman–Crippen MR) is 106 cm³/mol. The lowest BCUT2D eigenvalue weighted by Crippen LogP contribution is -2.47. The summed E-state index contributed by atoms with van der Waals surface area (Å²) >= 11 is 0. The first-order valence-corrected chi connectivity index (χ1v) is 9.17. The Bertz CT molecular complexity index is 1110. The summed E-state index contributed by atoms with van der Waals surface area (Å²) in [6.45, 7) is 0. The smallest absolute Gasteiger partial charge is 0.241 e. The van der Waals surface area contributed by atoms with Gasteiger partial charge in [0.05, 0.1) is 28.4 Å². The first kappa shape index (κ1) is 16.1. The lowest BCUT2D eigenvalue weighted by molar-refractivity contribution is 0.177. The predicted octanol–water partition coefficient (Wildman–Crippen LogP) is 2.84. The molecule has 0 atom stereocenters. The first-order valence-electron chi connectivity index (χ1n) is 9.17. The highest BCUT2D eigenvalue weighted by Crippen LogP contribution is 2.28. The van der Waals surface area contributed by atoms with Crippen molar-refractivity contribution >= 4 is 22.5 Å². The van der Waals surface area contributed by atoms with Crippen molar-refractivity contribution in [2.75, 3.05) is 19.4 Å². The molecule has 1 aliphatic rings. The fraction of sp³-hybridized carbons (Fsp3) is 0.300. The Labute approximate surface area is 157 Å². The number of aromatic nitrogens is 5. The van der Waals surface area contributed by atoms with Gasteiger partial charge in [-0.1, -0.05) is 0 Å². The van der Waals surface area contributed by atoms with E-state index in [1.807, 2.05) is 47.2 Å². The van der Waals surface area contributed by atoms with Crippen molar-refractivity contribution in [1.82, 2.24) is 29.5 Å². The summed E-state index contributed by atoms with van der Waals surface area (Å²) in [6.07, 6.45) is 7.85. The van der Waals surface area contributed by atoms with E-state index in [4.69, 9.17) is 4.98 Å². The van der Waals surface area contributed by atoms with Crippen LogP contribution in [0.15, 0.2) is 48.9 Å². The Morgan fingerprint density at radius 3 is 2.81 bits per heavy atom. The first-order chi connectivity index (χ1) is 13.2. The molecule has 0 aliphatic heterocycles. The Kier molecular flexibility index (Phi) is 3.75. The maximum atomic E-state index is 4.73. The monoisotopic (exact) mass is 359 g/mol. The third-order valence-electron chi connectivity index (χ3n) is 5.33. The number of nitrogens with zero attached hydrogens (tertiary/aromatic N) is 6. The number of anilines is 1. The van der Waals surface area contributed by atoms with Crippen LogP contribution in [0.3, 0.4) is 0 Å². The summed E-state index contributed by atoms with van der Waals surface area (Å²) in [6, 6.07) is 11.0. The van der Waals surface area contributed by atoms with E-state index in [-0.39, 0.29) is 0 Å². The van der Waals surface area contributed by atoms with E-state index in [0.29, 0.717) is 18.0 Å². The molecule has 136 valence electrons. The van der Waals surface area contributed by atoms with E-state index in [9.17, 15) is 0 Å². The fourth-order valence-electron chi connectivity index (χ4n) is 3.60. The minimum atomic E-state index is 0.444. The van der Waals surface area contributed by atoms with Gasteiger partial charge < -0.3 is 10.2 Å². The van der Waals surface area contributed by atoms with Crippen molar-refractivity contribution in [3.63, 3.8) is 0 Å². The van der Waals surface area contributed by atoms with Gasteiger partial charge in [0.25, 0.3) is 0 Å². The number of rotatable bonds is 4. The van der Waals surface area contributed by atoms with Gasteiger partial charge in [-0.3, -0.25) is 4.98 Å². The molecule has 0 amide bonds. The lowest BCUT2D eigenvalue weighted by Gasteiger charge is -2.39. The third-order valence-corrected chi connectivity index (χ3v) is 5.33. The summed E-state index contributed by atoms with van der Waals surface area (Å²) in [5.41, 5.74) is 4.63. The number of fused-ring (bicyclic) bond motifs is 2. The second-order valence-electron chi connectivity index (χ2n) is 7.31. The highest BCUT2D eigenvalue weighted by Gasteiger charge is 2.30. The van der Waals surface area contributed by atoms with Crippen molar-refractivity contribution in [3.05, 3.63) is 48.9 Å². The maximum Gasteiger partial charge on any atom is 0.241 e. The topological polar surface area (TPSA) is 71.2 Å². The standard InChI is InChI=1S/C20H21N7/c1-26(2)14-10-13(11-14)23-20-22-12-19-15(7-9-27(19)25-20)16-5-6-17-18(24-16)4-3-8-21-17/h3-9,12-14H,10-11H2,1-2H3,(H,23,25)/t13-,14+. The van der Waals surface area contributed by atoms with Gasteiger partial charge in [0, 0.05) is 30.0 Å². The summed E-state index contributed by atoms with van der Waals surface area (Å²) in [5.74, 6) is 0.669. The normalized spacial score (nSPS) is 19.5. The van der Waals surface area contributed by atoms with Gasteiger partial charge in [-0.25, -0.2) is 14.5 Å². The molecule has 0 saturated heterocycles. The van der Waals surface area contributed by atoms with Crippen molar-refractivity contribution in [3.8, 4) is 11.3 Å². The minimum absolute atomic E-state index is 0.444. The van der Waals surface area contributed by atoms with Crippen LogP contribution in [0, 0.1) is 0 Å². The molecular weight excluding hydrogens is 338 g/mol. The lowest BCUT2D eigenvalue weighted by atomic mass is 9.86. The van der Waals surface area contributed by atoms with E-state index < -0.39 is 0 Å². The summed E-state index contributed by atoms with van der Waals surface area (Å²) in [4.78, 5) is 15.9. The fourth-order valence-corrected chi connectivity index (χ4v) is 3.60. The molecule has 4 aromatic heterocycles. The van der Waals surface area contributed by atoms with Gasteiger partial charge in [-0.05, 0) is 57.3 Å². The molecule has 1 saturated carbocycles. The molecule has 4 aromatic rings. The average molecular weight is 359 g/mol. The van der Waals surface area contributed by atoms with Gasteiger partial charge in [-0.15, -0.1) is 5.10 Å². The van der Waals surface area contributed by atoms with Crippen LogP contribution in [-0.4, -0.2) is 55.6 Å². The van der Waals surface area contributed by atoms with Crippen LogP contribution in [0.5, 0.6) is 0 Å². The van der Waals surface area contributed by atoms with E-state index in [0.717, 1.165) is 40.6 Å². The van der Waals surface area contributed by atoms with Crippen LogP contribution in [0.25, 0.3) is 27.8 Å². The van der Waals surface area contributed by atoms with Crippen LogP contribution in [-0.2, 0) is 0 Å². The van der Waals surface area contributed by atoms with Gasteiger partial charge in [-0.2, -0.15) is 0 Å². The molecule has 7 heteroatoms. The highest BCUT2D eigenvalue weighted by atomic mass is 15.3. The van der Waals surface area contributed by atoms with Crippen molar-refractivity contribution in [2.24, 2.45) is 0 Å². The van der Waals surface area contributed by atoms with Crippen molar-refractivity contribution in [1.29, 1.82) is 0 Å². The molecule has 1 aliphatic carbocycles. The summed E-state index contributed by atoms with van der Waals surface area (Å²) in [5, 5.41) is 8.05. The molecule has 4 heterocycles. The molecule has 1 N–H and O–H groups in total. The molecule has 0 unspecified atom stereocenters. The zero-order valence-corrected chi connectivity index (χ0v) is 15.4. The molecular formula is C20H21N7. The molecule has 7 nitrogen and oxygen atoms in total. The second-order valence-corrected chi connectivity index (χ2v) is 7.31. The number of hydrogen-bond donors (Lipinski definition) is 1. The van der Waals surface area contributed by atoms with Crippen LogP contribution in [0.2, 0.25) is 0 Å². The van der Waals surface area contributed by atoms with Gasteiger partial charge in [0.1, 0.15) is 0 Å². The maximum absolute atomic E-state index is 4.73. The van der Waals surface area contributed by atoms with Crippen molar-refractivity contribution < 1.29 is 0 Å². The Balaban J connectivity index is 1.41. The Hall–Kier alpha value is -3.06. The minimum Gasteiger partial charge on any atom is -0.350 e. The number of nitrogens with one attached hydrogen (secondary N) is 1. The Morgan fingerprint density at radius 1 is 1.07 bits per heavy atom. The Morgan fingerprint density at radius 2 is 1.96 bits per heavy atom. The second kappa shape index (κ2) is 6.28. The molecule has 5 rings (SSSR count). The molecule has 0 spiro atoms. The van der Waals surface area contributed by atoms with E-state index >= 15 is 0 Å². The van der Waals surface area contributed by atoms with Crippen LogP contribution < -0.4 is 5.32 Å². The molecule has 1 fully saturated rings. The van der Waals surface area contributed by atoms with Crippen LogP contribution in [0.1, 0.15) is 12.8 Å². The van der Waals surface area contributed by atoms with Crippen molar-refractivity contribution in [2.45, 2.75) is 24.9 Å². The zero-order chi connectivity index (χ0) is 18.4. The number of hydrogen-bond acceptors (Lipinski definition) is 6. The largest absolute Gasteiger partial charge is 0.350 e. The molecule has 0 bridgehead atoms. The zero-order valence-electron chi connectivity index (χ0n) is 15.4. The quantitative estimate of drug-likeness (QED) is 0.604. The third kappa shape index (κ3) is 2.90. The van der Waals surface area contributed by atoms with E-state index in [1.165, 1.54) is 0 Å². The summed E-state index contributed by atoms with van der Waals surface area (Å²) in [7, 11) is 4.25. The average Bonchev–Trinajstić information content (AvgIpc) is 3.07. The van der Waals surface area contributed by atoms with E-state index in [2.05, 4.69) is 39.4 Å². The van der Waals surface area contributed by atoms with Crippen LogP contribution in [0.4, 0.5) is 5.95 Å². The molecule has 27 heavy (non-hydrogen) atoms. The molecule has 0 aromatic carbocycles. The highest BCUT2D eigenvalue weighted by molar-refractivity contribution is 5.83. The van der Waals surface area contributed by atoms with E-state index in [1.54, 1.807) is 6.20 Å². The van der Waals surface area contributed by atoms with Gasteiger partial charge >= 0.3 is 0 Å². The molecule has 0 radical (unpaired) electrons. The van der Waals surface area contributed by atoms with Crippen LogP contribution >= 0.6 is 0 Å².